The fourth-order valence-corrected chi connectivity index (χ4v) is 1.89. The molecule has 0 aliphatic rings. The first-order valence-electron chi connectivity index (χ1n) is 8.13. The Morgan fingerprint density at radius 1 is 0.960 bits per heavy atom. The van der Waals surface area contributed by atoms with E-state index in [-0.39, 0.29) is 5.97 Å². The zero-order valence-corrected chi connectivity index (χ0v) is 14.7. The molecule has 0 unspecified atom stereocenters. The molecule has 0 saturated carbocycles. The lowest BCUT2D eigenvalue weighted by Crippen LogP contribution is -2.28. The molecule has 0 fully saturated rings. The van der Waals surface area contributed by atoms with Crippen molar-refractivity contribution in [1.82, 2.24) is 0 Å². The van der Waals surface area contributed by atoms with Crippen LogP contribution in [-0.2, 0) is 4.79 Å². The highest BCUT2D eigenvalue weighted by Crippen LogP contribution is 2.24. The average Bonchev–Trinajstić information content (AvgIpc) is 2.62. The van der Waals surface area contributed by atoms with Crippen LogP contribution in [0.25, 0.3) is 6.08 Å². The molecule has 0 N–H and O–H groups in total. The molecule has 2 aromatic rings. The van der Waals surface area contributed by atoms with E-state index in [9.17, 15) is 9.59 Å². The highest BCUT2D eigenvalue weighted by Gasteiger charge is 2.27. The van der Waals surface area contributed by atoms with Crippen molar-refractivity contribution in [2.75, 3.05) is 0 Å². The van der Waals surface area contributed by atoms with E-state index in [1.807, 2.05) is 32.9 Å². The molecule has 0 saturated heterocycles. The van der Waals surface area contributed by atoms with Crippen LogP contribution in [0.15, 0.2) is 55.1 Å². The van der Waals surface area contributed by atoms with Crippen LogP contribution in [0.2, 0.25) is 0 Å². The van der Waals surface area contributed by atoms with Crippen LogP contribution in [-0.4, -0.2) is 11.9 Å². The Bertz CT molecular complexity index is 755. The summed E-state index contributed by atoms with van der Waals surface area (Å²) >= 11 is 0. The van der Waals surface area contributed by atoms with Gasteiger partial charge >= 0.3 is 11.9 Å². The molecule has 0 atom stereocenters. The molecule has 0 aliphatic carbocycles. The lowest BCUT2D eigenvalue weighted by Gasteiger charge is -2.20. The summed E-state index contributed by atoms with van der Waals surface area (Å²) in [5.74, 6) is 0.0833. The Labute approximate surface area is 148 Å². The van der Waals surface area contributed by atoms with Gasteiger partial charge in [-0.15, -0.1) is 0 Å². The SMILES string of the molecule is C=Cc1ccc(OC(=O)c2ccc(OC(=O)C(C)(C)CC)cc2)cc1. The molecule has 130 valence electrons. The second-order valence-electron chi connectivity index (χ2n) is 6.31. The maximum absolute atomic E-state index is 12.2. The van der Waals surface area contributed by atoms with Gasteiger partial charge in [0.2, 0.25) is 0 Å². The molecule has 4 heteroatoms. The Morgan fingerprint density at radius 3 is 2.00 bits per heavy atom. The molecular weight excluding hydrogens is 316 g/mol. The summed E-state index contributed by atoms with van der Waals surface area (Å²) in [5.41, 5.74) is 0.776. The molecule has 2 aromatic carbocycles. The van der Waals surface area contributed by atoms with Crippen molar-refractivity contribution in [2.45, 2.75) is 27.2 Å². The number of carbonyl (C=O) groups is 2. The smallest absolute Gasteiger partial charge is 0.343 e. The normalized spacial score (nSPS) is 10.8. The first-order chi connectivity index (χ1) is 11.9. The van der Waals surface area contributed by atoms with Crippen molar-refractivity contribution in [2.24, 2.45) is 5.41 Å². The third-order valence-electron chi connectivity index (χ3n) is 4.06. The van der Waals surface area contributed by atoms with Gasteiger partial charge in [0.15, 0.2) is 0 Å². The lowest BCUT2D eigenvalue weighted by molar-refractivity contribution is -0.144. The summed E-state index contributed by atoms with van der Waals surface area (Å²) in [4.78, 5) is 24.2. The molecule has 0 radical (unpaired) electrons. The van der Waals surface area contributed by atoms with Gasteiger partial charge in [0.25, 0.3) is 0 Å². The van der Waals surface area contributed by atoms with E-state index < -0.39 is 11.4 Å². The molecule has 0 bridgehead atoms. The fourth-order valence-electron chi connectivity index (χ4n) is 1.89. The monoisotopic (exact) mass is 338 g/mol. The van der Waals surface area contributed by atoms with Gasteiger partial charge in [-0.2, -0.15) is 0 Å². The first kappa shape index (κ1) is 18.5. The first-order valence-corrected chi connectivity index (χ1v) is 8.13. The molecule has 0 aliphatic heterocycles. The third kappa shape index (κ3) is 4.80. The van der Waals surface area contributed by atoms with E-state index in [1.54, 1.807) is 42.5 Å². The Balaban J connectivity index is 2.02. The number of hydrogen-bond acceptors (Lipinski definition) is 4. The average molecular weight is 338 g/mol. The zero-order valence-electron chi connectivity index (χ0n) is 14.7. The van der Waals surface area contributed by atoms with Crippen LogP contribution >= 0.6 is 0 Å². The van der Waals surface area contributed by atoms with E-state index in [1.165, 1.54) is 0 Å². The fraction of sp³-hybridized carbons (Fsp3) is 0.238. The number of ether oxygens (including phenoxy) is 2. The molecule has 25 heavy (non-hydrogen) atoms. The second-order valence-corrected chi connectivity index (χ2v) is 6.31. The van der Waals surface area contributed by atoms with Gasteiger partial charge in [-0.1, -0.05) is 31.7 Å². The summed E-state index contributed by atoms with van der Waals surface area (Å²) in [7, 11) is 0. The highest BCUT2D eigenvalue weighted by molar-refractivity contribution is 5.91. The van der Waals surface area contributed by atoms with Crippen LogP contribution in [0.1, 0.15) is 43.1 Å². The summed E-state index contributed by atoms with van der Waals surface area (Å²) < 4.78 is 10.7. The minimum absolute atomic E-state index is 0.298. The van der Waals surface area contributed by atoms with E-state index in [2.05, 4.69) is 6.58 Å². The van der Waals surface area contributed by atoms with Crippen LogP contribution in [0.5, 0.6) is 11.5 Å². The van der Waals surface area contributed by atoms with E-state index >= 15 is 0 Å². The molecule has 4 nitrogen and oxygen atoms in total. The van der Waals surface area contributed by atoms with Crippen LogP contribution in [0.4, 0.5) is 0 Å². The minimum Gasteiger partial charge on any atom is -0.426 e. The maximum atomic E-state index is 12.2. The number of hydrogen-bond donors (Lipinski definition) is 0. The molecule has 0 amide bonds. The lowest BCUT2D eigenvalue weighted by atomic mass is 9.91. The van der Waals surface area contributed by atoms with Crippen molar-refractivity contribution >= 4 is 18.0 Å². The summed E-state index contributed by atoms with van der Waals surface area (Å²) in [5, 5.41) is 0. The zero-order chi connectivity index (χ0) is 18.4. The van der Waals surface area contributed by atoms with Crippen molar-refractivity contribution in [1.29, 1.82) is 0 Å². The van der Waals surface area contributed by atoms with Crippen molar-refractivity contribution in [3.8, 4) is 11.5 Å². The summed E-state index contributed by atoms with van der Waals surface area (Å²) in [6.07, 6.45) is 2.40. The standard InChI is InChI=1S/C21H22O4/c1-5-15-7-11-17(12-8-15)24-19(22)16-9-13-18(14-10-16)25-20(23)21(3,4)6-2/h5,7-14H,1,6H2,2-4H3. The van der Waals surface area contributed by atoms with Crippen LogP contribution < -0.4 is 9.47 Å². The van der Waals surface area contributed by atoms with Gasteiger partial charge < -0.3 is 9.47 Å². The summed E-state index contributed by atoms with van der Waals surface area (Å²) in [6, 6.07) is 13.4. The predicted molar refractivity (Wildman–Crippen MR) is 97.6 cm³/mol. The predicted octanol–water partition coefficient (Wildman–Crippen LogP) is 4.89. The van der Waals surface area contributed by atoms with Crippen molar-refractivity contribution in [3.63, 3.8) is 0 Å². The topological polar surface area (TPSA) is 52.6 Å². The Morgan fingerprint density at radius 2 is 1.48 bits per heavy atom. The van der Waals surface area contributed by atoms with E-state index in [0.717, 1.165) is 5.56 Å². The number of esters is 2. The Hall–Kier alpha value is -2.88. The number of carbonyl (C=O) groups excluding carboxylic acids is 2. The molecule has 2 rings (SSSR count). The molecule has 0 aromatic heterocycles. The van der Waals surface area contributed by atoms with Gasteiger partial charge in [-0.05, 0) is 62.2 Å². The third-order valence-corrected chi connectivity index (χ3v) is 4.06. The Kier molecular flexibility index (Phi) is 5.75. The van der Waals surface area contributed by atoms with E-state index in [4.69, 9.17) is 9.47 Å². The van der Waals surface area contributed by atoms with Gasteiger partial charge in [-0.25, -0.2) is 4.79 Å². The van der Waals surface area contributed by atoms with Gasteiger partial charge in [0, 0.05) is 0 Å². The van der Waals surface area contributed by atoms with Gasteiger partial charge in [0.1, 0.15) is 11.5 Å². The number of benzene rings is 2. The number of rotatable bonds is 6. The molecule has 0 heterocycles. The molecule has 0 spiro atoms. The maximum Gasteiger partial charge on any atom is 0.343 e. The quantitative estimate of drug-likeness (QED) is 0.556. The largest absolute Gasteiger partial charge is 0.426 e. The van der Waals surface area contributed by atoms with Crippen LogP contribution in [0.3, 0.4) is 0 Å². The van der Waals surface area contributed by atoms with Crippen molar-refractivity contribution < 1.29 is 19.1 Å². The van der Waals surface area contributed by atoms with Gasteiger partial charge in [-0.3, -0.25) is 4.79 Å². The summed E-state index contributed by atoms with van der Waals surface area (Å²) in [6.45, 7) is 9.27. The minimum atomic E-state index is -0.546. The molecular formula is C21H22O4. The van der Waals surface area contributed by atoms with Crippen LogP contribution in [0, 0.1) is 5.41 Å². The van der Waals surface area contributed by atoms with E-state index in [0.29, 0.717) is 23.5 Å². The van der Waals surface area contributed by atoms with Crippen molar-refractivity contribution in [3.05, 3.63) is 66.2 Å². The van der Waals surface area contributed by atoms with Gasteiger partial charge in [0.05, 0.1) is 11.0 Å². The highest BCUT2D eigenvalue weighted by atomic mass is 16.5. The second kappa shape index (κ2) is 7.79.